The molecule has 0 atom stereocenters. The third-order valence-corrected chi connectivity index (χ3v) is 3.71. The topological polar surface area (TPSA) is 60.5 Å². The van der Waals surface area contributed by atoms with Gasteiger partial charge in [0.2, 0.25) is 0 Å². The predicted octanol–water partition coefficient (Wildman–Crippen LogP) is 3.20. The van der Waals surface area contributed by atoms with Crippen molar-refractivity contribution in [3.8, 4) is 5.75 Å². The summed E-state index contributed by atoms with van der Waals surface area (Å²) in [5.74, 6) is 0.0341. The second-order valence-corrected chi connectivity index (χ2v) is 5.54. The van der Waals surface area contributed by atoms with Crippen LogP contribution in [-0.4, -0.2) is 25.2 Å². The third kappa shape index (κ3) is 3.40. The number of carbonyl (C=O) groups excluding carboxylic acids is 1. The number of anilines is 1. The molecule has 0 bridgehead atoms. The van der Waals surface area contributed by atoms with Gasteiger partial charge in [0.1, 0.15) is 11.3 Å². The molecule has 7 heteroatoms. The predicted molar refractivity (Wildman–Crippen MR) is 78.8 cm³/mol. The van der Waals surface area contributed by atoms with E-state index in [2.05, 4.69) is 10.3 Å². The van der Waals surface area contributed by atoms with E-state index in [1.165, 1.54) is 25.6 Å². The van der Waals surface area contributed by atoms with E-state index in [1.54, 1.807) is 24.4 Å². The van der Waals surface area contributed by atoms with Crippen LogP contribution in [-0.2, 0) is 11.3 Å². The largest absolute Gasteiger partial charge is 0.496 e. The van der Waals surface area contributed by atoms with Crippen LogP contribution in [0.3, 0.4) is 0 Å². The van der Waals surface area contributed by atoms with Crippen molar-refractivity contribution < 1.29 is 14.3 Å². The Kier molecular flexibility index (Phi) is 4.81. The highest BCUT2D eigenvalue weighted by Crippen LogP contribution is 2.25. The summed E-state index contributed by atoms with van der Waals surface area (Å²) in [6.45, 7) is 0.602. The van der Waals surface area contributed by atoms with Gasteiger partial charge in [0.25, 0.3) is 0 Å². The van der Waals surface area contributed by atoms with Crippen LogP contribution in [0.25, 0.3) is 0 Å². The number of rotatable bonds is 5. The van der Waals surface area contributed by atoms with Crippen molar-refractivity contribution in [2.45, 2.75) is 6.54 Å². The lowest BCUT2D eigenvalue weighted by Gasteiger charge is -2.10. The number of benzene rings is 1. The van der Waals surface area contributed by atoms with Crippen molar-refractivity contribution in [1.29, 1.82) is 0 Å². The summed E-state index contributed by atoms with van der Waals surface area (Å²) < 4.78 is 10.4. The van der Waals surface area contributed by atoms with Gasteiger partial charge < -0.3 is 14.8 Å². The number of hydrogen-bond donors (Lipinski definition) is 1. The molecule has 20 heavy (non-hydrogen) atoms. The molecule has 0 aliphatic heterocycles. The fourth-order valence-corrected chi connectivity index (χ4v) is 2.55. The molecule has 106 valence electrons. The van der Waals surface area contributed by atoms with Gasteiger partial charge in [-0.3, -0.25) is 0 Å². The van der Waals surface area contributed by atoms with Crippen molar-refractivity contribution in [2.75, 3.05) is 19.5 Å². The molecular weight excluding hydrogens is 300 g/mol. The Morgan fingerprint density at radius 2 is 2.25 bits per heavy atom. The summed E-state index contributed by atoms with van der Waals surface area (Å²) in [5, 5.41) is 3.21. The van der Waals surface area contributed by atoms with Crippen molar-refractivity contribution in [3.63, 3.8) is 0 Å². The first-order valence-corrected chi connectivity index (χ1v) is 6.94. The zero-order chi connectivity index (χ0) is 14.5. The molecule has 1 heterocycles. The highest BCUT2D eigenvalue weighted by molar-refractivity contribution is 7.15. The molecule has 5 nitrogen and oxygen atoms in total. The third-order valence-electron chi connectivity index (χ3n) is 2.60. The molecule has 1 aromatic carbocycles. The zero-order valence-electron chi connectivity index (χ0n) is 11.0. The van der Waals surface area contributed by atoms with E-state index >= 15 is 0 Å². The minimum absolute atomic E-state index is 0.390. The maximum absolute atomic E-state index is 11.5. The lowest BCUT2D eigenvalue weighted by Crippen LogP contribution is -2.05. The second-order valence-electron chi connectivity index (χ2n) is 3.84. The first-order chi connectivity index (χ1) is 9.63. The molecule has 1 N–H and O–H groups in total. The Bertz CT molecular complexity index is 615. The van der Waals surface area contributed by atoms with E-state index in [-0.39, 0.29) is 0 Å². The Morgan fingerprint density at radius 1 is 1.45 bits per heavy atom. The quantitative estimate of drug-likeness (QED) is 0.859. The van der Waals surface area contributed by atoms with E-state index < -0.39 is 5.97 Å². The number of ether oxygens (including phenoxy) is 2. The molecule has 0 spiro atoms. The van der Waals surface area contributed by atoms with Gasteiger partial charge in [-0.1, -0.05) is 11.6 Å². The molecule has 0 aliphatic rings. The first kappa shape index (κ1) is 14.6. The Morgan fingerprint density at radius 3 is 2.85 bits per heavy atom. The van der Waals surface area contributed by atoms with E-state index in [0.29, 0.717) is 22.3 Å². The van der Waals surface area contributed by atoms with Gasteiger partial charge in [-0.2, -0.15) is 0 Å². The first-order valence-electron chi connectivity index (χ1n) is 5.74. The standard InChI is InChI=1S/C13H13ClN2O3S/c1-18-11-5-8(3-4-10(11)12(17)19-2)15-6-9-7-16-13(14)20-9/h3-5,7,15H,6H2,1-2H3. The molecule has 0 amide bonds. The van der Waals surface area contributed by atoms with Gasteiger partial charge in [0.15, 0.2) is 4.47 Å². The van der Waals surface area contributed by atoms with E-state index in [4.69, 9.17) is 21.1 Å². The number of carbonyl (C=O) groups is 1. The lowest BCUT2D eigenvalue weighted by molar-refractivity contribution is 0.0597. The number of nitrogens with zero attached hydrogens (tertiary/aromatic N) is 1. The number of thiazole rings is 1. The van der Waals surface area contributed by atoms with Crippen LogP contribution in [0.15, 0.2) is 24.4 Å². The number of methoxy groups -OCH3 is 2. The summed E-state index contributed by atoms with van der Waals surface area (Å²) in [6.07, 6.45) is 1.72. The lowest BCUT2D eigenvalue weighted by atomic mass is 10.2. The molecular formula is C13H13ClN2O3S. The van der Waals surface area contributed by atoms with Crippen LogP contribution in [0.4, 0.5) is 5.69 Å². The van der Waals surface area contributed by atoms with Crippen LogP contribution < -0.4 is 10.1 Å². The molecule has 2 aromatic rings. The molecule has 2 rings (SSSR count). The number of nitrogens with one attached hydrogen (secondary N) is 1. The SMILES string of the molecule is COC(=O)c1ccc(NCc2cnc(Cl)s2)cc1OC. The molecule has 0 aliphatic carbocycles. The maximum Gasteiger partial charge on any atom is 0.341 e. The molecule has 0 fully saturated rings. The molecule has 1 aromatic heterocycles. The fourth-order valence-electron chi connectivity index (χ4n) is 1.63. The summed E-state index contributed by atoms with van der Waals surface area (Å²) in [5.41, 5.74) is 1.22. The van der Waals surface area contributed by atoms with Crippen LogP contribution in [0.2, 0.25) is 4.47 Å². The average Bonchev–Trinajstić information content (AvgIpc) is 2.89. The van der Waals surface area contributed by atoms with Crippen LogP contribution in [0.1, 0.15) is 15.2 Å². The van der Waals surface area contributed by atoms with Gasteiger partial charge in [-0.25, -0.2) is 9.78 Å². The summed E-state index contributed by atoms with van der Waals surface area (Å²) >= 11 is 7.18. The second kappa shape index (κ2) is 6.58. The van der Waals surface area contributed by atoms with Crippen LogP contribution in [0.5, 0.6) is 5.75 Å². The van der Waals surface area contributed by atoms with Gasteiger partial charge in [-0.15, -0.1) is 11.3 Å². The molecule has 0 unspecified atom stereocenters. The molecule has 0 saturated carbocycles. The highest BCUT2D eigenvalue weighted by atomic mass is 35.5. The zero-order valence-corrected chi connectivity index (χ0v) is 12.5. The van der Waals surface area contributed by atoms with Crippen molar-refractivity contribution >= 4 is 34.6 Å². The molecule has 0 radical (unpaired) electrons. The minimum Gasteiger partial charge on any atom is -0.496 e. The van der Waals surface area contributed by atoms with Crippen LogP contribution >= 0.6 is 22.9 Å². The number of aromatic nitrogens is 1. The van der Waals surface area contributed by atoms with Crippen molar-refractivity contribution in [1.82, 2.24) is 4.98 Å². The van der Waals surface area contributed by atoms with E-state index in [9.17, 15) is 4.79 Å². The Balaban J connectivity index is 2.11. The Labute approximate surface area is 125 Å². The van der Waals surface area contributed by atoms with Gasteiger partial charge in [0.05, 0.1) is 20.8 Å². The highest BCUT2D eigenvalue weighted by Gasteiger charge is 2.13. The average molecular weight is 313 g/mol. The Hall–Kier alpha value is -1.79. The van der Waals surface area contributed by atoms with Gasteiger partial charge in [0, 0.05) is 22.8 Å². The number of esters is 1. The minimum atomic E-state index is -0.428. The summed E-state index contributed by atoms with van der Waals surface area (Å²) in [6, 6.07) is 5.19. The normalized spacial score (nSPS) is 10.2. The fraction of sp³-hybridized carbons (Fsp3) is 0.231. The van der Waals surface area contributed by atoms with Gasteiger partial charge in [-0.05, 0) is 12.1 Å². The summed E-state index contributed by atoms with van der Waals surface area (Å²) in [4.78, 5) is 16.5. The van der Waals surface area contributed by atoms with Crippen molar-refractivity contribution in [3.05, 3.63) is 39.3 Å². The van der Waals surface area contributed by atoms with E-state index in [1.807, 2.05) is 0 Å². The van der Waals surface area contributed by atoms with Gasteiger partial charge >= 0.3 is 5.97 Å². The monoisotopic (exact) mass is 312 g/mol. The van der Waals surface area contributed by atoms with Crippen molar-refractivity contribution in [2.24, 2.45) is 0 Å². The smallest absolute Gasteiger partial charge is 0.341 e. The van der Waals surface area contributed by atoms with Crippen LogP contribution in [0, 0.1) is 0 Å². The summed E-state index contributed by atoms with van der Waals surface area (Å²) in [7, 11) is 2.84. The maximum atomic E-state index is 11.5. The number of hydrogen-bond acceptors (Lipinski definition) is 6. The molecule has 0 saturated heterocycles. The van der Waals surface area contributed by atoms with E-state index in [0.717, 1.165) is 10.6 Å². The number of halogens is 1.